The molecule has 0 unspecified atom stereocenters. The molecular formula is C19H18F4N2O7S2. The van der Waals surface area contributed by atoms with Crippen LogP contribution < -0.4 is 10.6 Å². The van der Waals surface area contributed by atoms with E-state index in [1.165, 1.54) is 7.05 Å². The first-order valence-electron chi connectivity index (χ1n) is 9.12. The van der Waals surface area contributed by atoms with Crippen LogP contribution in [0.5, 0.6) is 0 Å². The molecule has 0 saturated carbocycles. The van der Waals surface area contributed by atoms with Gasteiger partial charge in [0.25, 0.3) is 5.91 Å². The molecule has 186 valence electrons. The van der Waals surface area contributed by atoms with E-state index in [-0.39, 0.29) is 11.8 Å². The van der Waals surface area contributed by atoms with E-state index in [0.29, 0.717) is 12.1 Å². The van der Waals surface area contributed by atoms with Crippen molar-refractivity contribution in [3.05, 3.63) is 48.3 Å². The molecule has 2 amide bonds. The molecule has 0 aromatic heterocycles. The normalized spacial score (nSPS) is 14.2. The number of anilines is 1. The van der Waals surface area contributed by atoms with Crippen LogP contribution in [0, 0.1) is 5.82 Å². The fraction of sp³-hybridized carbons (Fsp3) is 0.263. The third-order valence-corrected chi connectivity index (χ3v) is 7.99. The van der Waals surface area contributed by atoms with Gasteiger partial charge in [-0.1, -0.05) is 0 Å². The van der Waals surface area contributed by atoms with Gasteiger partial charge in [0.05, 0.1) is 20.4 Å². The molecule has 0 spiro atoms. The SMILES string of the molecule is CNC(=O)CS(=O)(=O)c1ccc(S(=O)(=O)c2ccc(NC(=O)[C@@](C)(O)C(F)(F)F)c(F)c2)cc1. The minimum atomic E-state index is -5.35. The lowest BCUT2D eigenvalue weighted by Gasteiger charge is -2.25. The lowest BCUT2D eigenvalue weighted by Crippen LogP contribution is -2.52. The molecule has 0 aliphatic heterocycles. The van der Waals surface area contributed by atoms with Gasteiger partial charge in [0, 0.05) is 7.05 Å². The number of rotatable bonds is 7. The summed E-state index contributed by atoms with van der Waals surface area (Å²) in [6.07, 6.45) is -5.35. The third-order valence-electron chi connectivity index (χ3n) is 4.59. The molecule has 34 heavy (non-hydrogen) atoms. The predicted octanol–water partition coefficient (Wildman–Crippen LogP) is 1.43. The largest absolute Gasteiger partial charge is 0.426 e. The second-order valence-electron chi connectivity index (χ2n) is 7.07. The van der Waals surface area contributed by atoms with Gasteiger partial charge in [-0.2, -0.15) is 13.2 Å². The molecule has 3 N–H and O–H groups in total. The van der Waals surface area contributed by atoms with Crippen molar-refractivity contribution >= 4 is 37.2 Å². The molecule has 2 aromatic rings. The number of benzene rings is 2. The smallest absolute Gasteiger partial charge is 0.373 e. The summed E-state index contributed by atoms with van der Waals surface area (Å²) in [5.41, 5.74) is -4.64. The summed E-state index contributed by atoms with van der Waals surface area (Å²) < 4.78 is 102. The molecular weight excluding hydrogens is 508 g/mol. The molecule has 1 atom stereocenters. The van der Waals surface area contributed by atoms with Crippen molar-refractivity contribution in [2.24, 2.45) is 0 Å². The number of hydrogen-bond donors (Lipinski definition) is 3. The van der Waals surface area contributed by atoms with Crippen molar-refractivity contribution in [3.8, 4) is 0 Å². The van der Waals surface area contributed by atoms with Gasteiger partial charge in [-0.3, -0.25) is 9.59 Å². The summed E-state index contributed by atoms with van der Waals surface area (Å²) in [5.74, 6) is -5.04. The van der Waals surface area contributed by atoms with Crippen LogP contribution in [0.4, 0.5) is 23.2 Å². The van der Waals surface area contributed by atoms with Crippen molar-refractivity contribution in [3.63, 3.8) is 0 Å². The summed E-state index contributed by atoms with van der Waals surface area (Å²) in [7, 11) is -7.22. The van der Waals surface area contributed by atoms with E-state index in [1.54, 1.807) is 5.32 Å². The average Bonchev–Trinajstić information content (AvgIpc) is 2.73. The van der Waals surface area contributed by atoms with E-state index in [1.807, 2.05) is 0 Å². The van der Waals surface area contributed by atoms with Gasteiger partial charge in [0.2, 0.25) is 21.3 Å². The Balaban J connectivity index is 2.32. The first kappa shape index (κ1) is 27.2. The number of aliphatic hydroxyl groups is 1. The van der Waals surface area contributed by atoms with Crippen LogP contribution in [0.25, 0.3) is 0 Å². The maximum Gasteiger partial charge on any atom is 0.426 e. The average molecular weight is 526 g/mol. The van der Waals surface area contributed by atoms with E-state index in [0.717, 1.165) is 30.3 Å². The van der Waals surface area contributed by atoms with Crippen LogP contribution >= 0.6 is 0 Å². The van der Waals surface area contributed by atoms with E-state index in [9.17, 15) is 49.1 Å². The Hall–Kier alpha value is -3.04. The van der Waals surface area contributed by atoms with E-state index >= 15 is 0 Å². The van der Waals surface area contributed by atoms with E-state index in [2.05, 4.69) is 5.32 Å². The third kappa shape index (κ3) is 5.53. The second kappa shape index (κ2) is 9.31. The van der Waals surface area contributed by atoms with Gasteiger partial charge in [0.1, 0.15) is 11.6 Å². The molecule has 0 saturated heterocycles. The second-order valence-corrected chi connectivity index (χ2v) is 11.0. The Labute approximate surface area is 191 Å². The standard InChI is InChI=1S/C19H18F4N2O7S2/c1-18(28,19(21,22)23)17(27)25-15-8-7-13(9-14(15)20)34(31,32)12-5-3-11(4-6-12)33(29,30)10-16(26)24-2/h3-9,28H,10H2,1-2H3,(H,24,26)(H,25,27)/t18-/m1/s1. The number of halogens is 4. The molecule has 2 aromatic carbocycles. The van der Waals surface area contributed by atoms with Crippen LogP contribution in [0.2, 0.25) is 0 Å². The van der Waals surface area contributed by atoms with Crippen molar-refractivity contribution in [1.82, 2.24) is 5.32 Å². The van der Waals surface area contributed by atoms with Crippen molar-refractivity contribution in [2.75, 3.05) is 18.1 Å². The van der Waals surface area contributed by atoms with Crippen molar-refractivity contribution in [2.45, 2.75) is 33.4 Å². The number of amides is 2. The monoisotopic (exact) mass is 526 g/mol. The lowest BCUT2D eigenvalue weighted by molar-refractivity contribution is -0.242. The zero-order chi connectivity index (χ0) is 26.1. The molecule has 0 aliphatic rings. The molecule has 2 rings (SSSR count). The summed E-state index contributed by atoms with van der Waals surface area (Å²) in [4.78, 5) is 21.6. The zero-order valence-electron chi connectivity index (χ0n) is 17.5. The summed E-state index contributed by atoms with van der Waals surface area (Å²) in [6, 6.07) is 5.63. The molecule has 0 heterocycles. The number of carbonyl (C=O) groups excluding carboxylic acids is 2. The fourth-order valence-corrected chi connectivity index (χ4v) is 4.91. The van der Waals surface area contributed by atoms with E-state index in [4.69, 9.17) is 0 Å². The number of carbonyl (C=O) groups is 2. The highest BCUT2D eigenvalue weighted by atomic mass is 32.2. The van der Waals surface area contributed by atoms with Gasteiger partial charge >= 0.3 is 6.18 Å². The molecule has 9 nitrogen and oxygen atoms in total. The summed E-state index contributed by atoms with van der Waals surface area (Å²) in [6.45, 7) is 0.164. The van der Waals surface area contributed by atoms with Gasteiger partial charge in [-0.05, 0) is 49.4 Å². The van der Waals surface area contributed by atoms with Gasteiger partial charge in [0.15, 0.2) is 9.84 Å². The molecule has 0 fully saturated rings. The number of hydrogen-bond acceptors (Lipinski definition) is 7. The minimum Gasteiger partial charge on any atom is -0.373 e. The van der Waals surface area contributed by atoms with Gasteiger partial charge in [-0.25, -0.2) is 21.2 Å². The maximum atomic E-state index is 14.4. The lowest BCUT2D eigenvalue weighted by atomic mass is 10.1. The molecule has 0 radical (unpaired) electrons. The Bertz CT molecular complexity index is 1320. The summed E-state index contributed by atoms with van der Waals surface area (Å²) >= 11 is 0. The van der Waals surface area contributed by atoms with E-state index < -0.39 is 70.3 Å². The van der Waals surface area contributed by atoms with Gasteiger partial charge in [-0.15, -0.1) is 0 Å². The topological polar surface area (TPSA) is 147 Å². The molecule has 0 bridgehead atoms. The van der Waals surface area contributed by atoms with Gasteiger partial charge < -0.3 is 15.7 Å². The number of nitrogens with one attached hydrogen (secondary N) is 2. The highest BCUT2D eigenvalue weighted by Crippen LogP contribution is 2.32. The zero-order valence-corrected chi connectivity index (χ0v) is 19.1. The first-order chi connectivity index (χ1) is 15.4. The fourth-order valence-electron chi connectivity index (χ4n) is 2.43. The minimum absolute atomic E-state index is 0.164. The first-order valence-corrected chi connectivity index (χ1v) is 12.3. The quantitative estimate of drug-likeness (QED) is 0.463. The van der Waals surface area contributed by atoms with Crippen molar-refractivity contribution < 1.29 is 49.1 Å². The number of alkyl halides is 3. The highest BCUT2D eigenvalue weighted by Gasteiger charge is 2.55. The van der Waals surface area contributed by atoms with Crippen LogP contribution in [0.3, 0.4) is 0 Å². The maximum absolute atomic E-state index is 14.4. The van der Waals surface area contributed by atoms with Crippen LogP contribution in [0.1, 0.15) is 6.92 Å². The Morgan fingerprint density at radius 3 is 1.91 bits per heavy atom. The number of sulfone groups is 2. The molecule has 0 aliphatic carbocycles. The molecule has 15 heteroatoms. The Kier molecular flexibility index (Phi) is 7.45. The van der Waals surface area contributed by atoms with Crippen LogP contribution in [-0.2, 0) is 29.3 Å². The van der Waals surface area contributed by atoms with Crippen molar-refractivity contribution in [1.29, 1.82) is 0 Å². The summed E-state index contributed by atoms with van der Waals surface area (Å²) in [5, 5.41) is 13.0. The van der Waals surface area contributed by atoms with Crippen LogP contribution in [-0.4, -0.2) is 58.3 Å². The highest BCUT2D eigenvalue weighted by molar-refractivity contribution is 7.92. The Morgan fingerprint density at radius 1 is 0.941 bits per heavy atom. The predicted molar refractivity (Wildman–Crippen MR) is 110 cm³/mol. The van der Waals surface area contributed by atoms with Crippen LogP contribution in [0.15, 0.2) is 57.2 Å². The Morgan fingerprint density at radius 2 is 1.44 bits per heavy atom.